The summed E-state index contributed by atoms with van der Waals surface area (Å²) >= 11 is 6.01. The van der Waals surface area contributed by atoms with Gasteiger partial charge in [-0.2, -0.15) is 0 Å². The second-order valence-corrected chi connectivity index (χ2v) is 10.7. The van der Waals surface area contributed by atoms with Gasteiger partial charge in [-0.05, 0) is 26.7 Å². The van der Waals surface area contributed by atoms with Gasteiger partial charge in [0.05, 0.1) is 18.0 Å². The summed E-state index contributed by atoms with van der Waals surface area (Å²) in [4.78, 5) is 22.5. The maximum atomic E-state index is 12.8. The Labute approximate surface area is 184 Å². The summed E-state index contributed by atoms with van der Waals surface area (Å²) in [6.07, 6.45) is -1.91. The van der Waals surface area contributed by atoms with Crippen LogP contribution in [0.4, 0.5) is 0 Å². The first-order valence-corrected chi connectivity index (χ1v) is 11.9. The summed E-state index contributed by atoms with van der Waals surface area (Å²) in [7, 11) is -4.42. The molecule has 0 spiro atoms. The van der Waals surface area contributed by atoms with Crippen LogP contribution in [0.1, 0.15) is 53.2 Å². The number of aromatic nitrogens is 4. The van der Waals surface area contributed by atoms with Crippen molar-refractivity contribution in [1.82, 2.24) is 19.5 Å². The van der Waals surface area contributed by atoms with E-state index in [9.17, 15) is 24.8 Å². The van der Waals surface area contributed by atoms with Crippen molar-refractivity contribution in [1.29, 1.82) is 0 Å². The van der Waals surface area contributed by atoms with E-state index in [0.29, 0.717) is 11.2 Å². The van der Waals surface area contributed by atoms with E-state index >= 15 is 0 Å². The lowest BCUT2D eigenvalue weighted by Gasteiger charge is -2.37. The molecule has 0 radical (unpaired) electrons. The smallest absolute Gasteiger partial charge is 0.359 e. The summed E-state index contributed by atoms with van der Waals surface area (Å²) in [6.45, 7) is 6.30. The molecule has 174 valence electrons. The lowest BCUT2D eigenvalue weighted by molar-refractivity contribution is -0.0642. The molecule has 0 bridgehead atoms. The van der Waals surface area contributed by atoms with Crippen molar-refractivity contribution in [3.63, 3.8) is 0 Å². The van der Waals surface area contributed by atoms with Crippen LogP contribution in [-0.2, 0) is 13.8 Å². The maximum absolute atomic E-state index is 12.8. The Morgan fingerprint density at radius 1 is 1.23 bits per heavy atom. The van der Waals surface area contributed by atoms with E-state index in [2.05, 4.69) is 15.0 Å². The fraction of sp³-hybridized carbons (Fsp3) is 0.722. The maximum Gasteiger partial charge on any atom is 0.359 e. The average molecular weight is 479 g/mol. The van der Waals surface area contributed by atoms with E-state index < -0.39 is 43.1 Å². The molecular formula is C18H28ClN4O7P. The summed E-state index contributed by atoms with van der Waals surface area (Å²) in [6, 6.07) is 0. The molecule has 1 saturated heterocycles. The minimum Gasteiger partial charge on any atom is -0.388 e. The summed E-state index contributed by atoms with van der Waals surface area (Å²) in [5.74, 6) is 0. The molecule has 1 unspecified atom stereocenters. The minimum absolute atomic E-state index is 0.0296. The quantitative estimate of drug-likeness (QED) is 0.326. The number of aliphatic hydroxyl groups excluding tert-OH is 2. The monoisotopic (exact) mass is 478 g/mol. The Morgan fingerprint density at radius 3 is 2.48 bits per heavy atom. The van der Waals surface area contributed by atoms with Crippen LogP contribution in [-0.4, -0.2) is 69.0 Å². The first-order valence-electron chi connectivity index (χ1n) is 9.96. The second kappa shape index (κ2) is 8.64. The van der Waals surface area contributed by atoms with Crippen LogP contribution in [0.3, 0.4) is 0 Å². The van der Waals surface area contributed by atoms with Gasteiger partial charge in [0, 0.05) is 6.42 Å². The Balaban J connectivity index is 1.79. The zero-order chi connectivity index (χ0) is 23.2. The third-order valence-electron chi connectivity index (χ3n) is 5.65. The molecule has 1 aliphatic heterocycles. The fourth-order valence-corrected chi connectivity index (χ4v) is 5.62. The summed E-state index contributed by atoms with van der Waals surface area (Å²) < 4.78 is 25.5. The molecule has 2 aromatic heterocycles. The van der Waals surface area contributed by atoms with Gasteiger partial charge in [0.2, 0.25) is 0 Å². The highest BCUT2D eigenvalue weighted by Gasteiger charge is 2.51. The molecule has 11 nitrogen and oxygen atoms in total. The van der Waals surface area contributed by atoms with Crippen LogP contribution in [0.25, 0.3) is 11.2 Å². The molecule has 0 aliphatic carbocycles. The van der Waals surface area contributed by atoms with Crippen molar-refractivity contribution in [3.05, 3.63) is 17.8 Å². The van der Waals surface area contributed by atoms with Crippen LogP contribution in [0, 0.1) is 0 Å². The van der Waals surface area contributed by atoms with Crippen LogP contribution in [0.2, 0.25) is 5.15 Å². The van der Waals surface area contributed by atoms with Crippen molar-refractivity contribution < 1.29 is 34.0 Å². The number of nitrogens with zero attached hydrogens (tertiary/aromatic N) is 4. The van der Waals surface area contributed by atoms with Crippen molar-refractivity contribution >= 4 is 30.4 Å². The van der Waals surface area contributed by atoms with Gasteiger partial charge in [-0.25, -0.2) is 15.0 Å². The van der Waals surface area contributed by atoms with Crippen molar-refractivity contribution in [3.8, 4) is 0 Å². The van der Waals surface area contributed by atoms with E-state index in [1.165, 1.54) is 17.2 Å². The highest BCUT2D eigenvalue weighted by molar-refractivity contribution is 7.54. The zero-order valence-electron chi connectivity index (χ0n) is 17.7. The van der Waals surface area contributed by atoms with Gasteiger partial charge in [0.15, 0.2) is 22.4 Å². The van der Waals surface area contributed by atoms with Gasteiger partial charge in [-0.3, -0.25) is 9.13 Å². The Bertz CT molecular complexity index is 983. The van der Waals surface area contributed by atoms with Crippen LogP contribution < -0.4 is 0 Å². The van der Waals surface area contributed by atoms with Crippen molar-refractivity contribution in [2.45, 2.75) is 82.4 Å². The molecule has 0 amide bonds. The van der Waals surface area contributed by atoms with Gasteiger partial charge in [0.1, 0.15) is 24.1 Å². The lowest BCUT2D eigenvalue weighted by atomic mass is 9.97. The third-order valence-corrected chi connectivity index (χ3v) is 8.35. The molecule has 4 N–H and O–H groups in total. The van der Waals surface area contributed by atoms with E-state index in [4.69, 9.17) is 20.9 Å². The van der Waals surface area contributed by atoms with E-state index in [1.54, 1.807) is 27.7 Å². The SMILES string of the molecule is CCC(O)(CC)P(=O)(O)OC(C)(C)C[C@H]1O[C@@H](n2cnc3c(Cl)ncnc32)[C@H](O)[C@@H]1O. The standard InChI is InChI=1S/C18H28ClN4O7P/c1-5-18(26,6-2)31(27,28)30-17(3,4)7-10-12(24)13(25)16(29-10)23-9-22-11-14(19)20-8-21-15(11)23/h8-10,12-13,16,24-26H,5-7H2,1-4H3,(H,27,28)/t10-,12-,13-,16-/m1/s1. The van der Waals surface area contributed by atoms with Gasteiger partial charge in [-0.15, -0.1) is 0 Å². The highest BCUT2D eigenvalue weighted by Crippen LogP contribution is 2.60. The van der Waals surface area contributed by atoms with Gasteiger partial charge in [-0.1, -0.05) is 25.4 Å². The topological polar surface area (TPSA) is 160 Å². The van der Waals surface area contributed by atoms with Crippen molar-refractivity contribution in [2.24, 2.45) is 0 Å². The second-order valence-electron chi connectivity index (χ2n) is 8.30. The largest absolute Gasteiger partial charge is 0.388 e. The van der Waals surface area contributed by atoms with Gasteiger partial charge < -0.3 is 29.5 Å². The lowest BCUT2D eigenvalue weighted by Crippen LogP contribution is -2.39. The number of hydrogen-bond donors (Lipinski definition) is 4. The van der Waals surface area contributed by atoms with Crippen LogP contribution >= 0.6 is 19.2 Å². The number of rotatable bonds is 8. The Hall–Kier alpha value is -1.17. The van der Waals surface area contributed by atoms with Gasteiger partial charge in [0.25, 0.3) is 0 Å². The molecule has 0 saturated carbocycles. The predicted molar refractivity (Wildman–Crippen MR) is 111 cm³/mol. The number of ether oxygens (including phenoxy) is 1. The van der Waals surface area contributed by atoms with E-state index in [0.717, 1.165) is 0 Å². The number of hydrogen-bond acceptors (Lipinski definition) is 9. The third kappa shape index (κ3) is 4.51. The van der Waals surface area contributed by atoms with Crippen LogP contribution in [0.5, 0.6) is 0 Å². The first kappa shape index (κ1) is 24.5. The molecular weight excluding hydrogens is 451 g/mol. The molecule has 1 aliphatic rings. The Kier molecular flexibility index (Phi) is 6.82. The molecule has 31 heavy (non-hydrogen) atoms. The molecule has 2 aromatic rings. The molecule has 1 fully saturated rings. The average Bonchev–Trinajstić information content (AvgIpc) is 3.23. The van der Waals surface area contributed by atoms with E-state index in [-0.39, 0.29) is 24.4 Å². The molecule has 13 heteroatoms. The molecule has 0 aromatic carbocycles. The Morgan fingerprint density at radius 2 is 1.87 bits per heavy atom. The number of halogens is 1. The number of aliphatic hydroxyl groups is 3. The minimum atomic E-state index is -4.42. The number of fused-ring (bicyclic) bond motifs is 1. The first-order chi connectivity index (χ1) is 14.4. The normalized spacial score (nSPS) is 27.0. The molecule has 3 heterocycles. The highest BCUT2D eigenvalue weighted by atomic mass is 35.5. The molecule has 3 rings (SSSR count). The van der Waals surface area contributed by atoms with Gasteiger partial charge >= 0.3 is 7.60 Å². The van der Waals surface area contributed by atoms with Crippen LogP contribution in [0.15, 0.2) is 12.7 Å². The number of imidazole rings is 1. The summed E-state index contributed by atoms with van der Waals surface area (Å²) in [5, 5.41) is 29.9. The predicted octanol–water partition coefficient (Wildman–Crippen LogP) is 1.98. The fourth-order valence-electron chi connectivity index (χ4n) is 3.73. The molecule has 5 atom stereocenters. The van der Waals surface area contributed by atoms with E-state index in [1.807, 2.05) is 0 Å². The zero-order valence-corrected chi connectivity index (χ0v) is 19.4. The van der Waals surface area contributed by atoms with Crippen molar-refractivity contribution in [2.75, 3.05) is 0 Å². The summed E-state index contributed by atoms with van der Waals surface area (Å²) in [5.41, 5.74) is -0.616.